The molecule has 1 amide bonds. The van der Waals surface area contributed by atoms with Crippen LogP contribution in [-0.4, -0.2) is 37.8 Å². The SMILES string of the molecule is O=C(CCc1ccccc1)NC1CCN(S(=O)(=O)c2ccc(F)c(Cl)c2)CC1. The van der Waals surface area contributed by atoms with Crippen LogP contribution < -0.4 is 5.32 Å². The molecular weight excluding hydrogens is 403 g/mol. The number of nitrogens with one attached hydrogen (secondary N) is 1. The highest BCUT2D eigenvalue weighted by atomic mass is 35.5. The maximum absolute atomic E-state index is 13.3. The second-order valence-corrected chi connectivity index (χ2v) is 9.15. The van der Waals surface area contributed by atoms with Crippen LogP contribution in [-0.2, 0) is 21.2 Å². The van der Waals surface area contributed by atoms with Gasteiger partial charge in [0.25, 0.3) is 0 Å². The van der Waals surface area contributed by atoms with Crippen molar-refractivity contribution in [2.75, 3.05) is 13.1 Å². The standard InChI is InChI=1S/C20H22ClFN2O3S/c21-18-14-17(7-8-19(18)22)28(26,27)24-12-10-16(11-13-24)23-20(25)9-6-15-4-2-1-3-5-15/h1-5,7-8,14,16H,6,9-13H2,(H,23,25). The number of halogens is 2. The molecule has 0 spiro atoms. The number of sulfonamides is 1. The Morgan fingerprint density at radius 1 is 1.14 bits per heavy atom. The van der Waals surface area contributed by atoms with Gasteiger partial charge in [0.2, 0.25) is 15.9 Å². The van der Waals surface area contributed by atoms with Crippen molar-refractivity contribution < 1.29 is 17.6 Å². The molecule has 1 N–H and O–H groups in total. The Labute approximate surface area is 169 Å². The lowest BCUT2D eigenvalue weighted by atomic mass is 10.1. The molecule has 2 aromatic carbocycles. The van der Waals surface area contributed by atoms with Crippen LogP contribution in [0, 0.1) is 5.82 Å². The average molecular weight is 425 g/mol. The number of hydrogen-bond donors (Lipinski definition) is 1. The molecule has 150 valence electrons. The highest BCUT2D eigenvalue weighted by Gasteiger charge is 2.30. The molecule has 0 aromatic heterocycles. The van der Waals surface area contributed by atoms with Gasteiger partial charge in [0.15, 0.2) is 0 Å². The van der Waals surface area contributed by atoms with Gasteiger partial charge in [0.05, 0.1) is 9.92 Å². The van der Waals surface area contributed by atoms with E-state index in [0.29, 0.717) is 38.8 Å². The summed E-state index contributed by atoms with van der Waals surface area (Å²) in [6, 6.07) is 13.1. The zero-order chi connectivity index (χ0) is 20.1. The van der Waals surface area contributed by atoms with Crippen LogP contribution in [0.2, 0.25) is 5.02 Å². The van der Waals surface area contributed by atoms with Gasteiger partial charge in [-0.25, -0.2) is 12.8 Å². The zero-order valence-electron chi connectivity index (χ0n) is 15.3. The third kappa shape index (κ3) is 5.10. The third-order valence-electron chi connectivity index (χ3n) is 4.83. The quantitative estimate of drug-likeness (QED) is 0.773. The number of hydrogen-bond acceptors (Lipinski definition) is 3. The fraction of sp³-hybridized carbons (Fsp3) is 0.350. The topological polar surface area (TPSA) is 66.5 Å². The van der Waals surface area contributed by atoms with Gasteiger partial charge in [-0.3, -0.25) is 4.79 Å². The minimum absolute atomic E-state index is 0.0238. The van der Waals surface area contributed by atoms with Crippen molar-refractivity contribution in [1.82, 2.24) is 9.62 Å². The molecule has 1 aliphatic rings. The van der Waals surface area contributed by atoms with Crippen LogP contribution in [0.5, 0.6) is 0 Å². The number of carbonyl (C=O) groups is 1. The van der Waals surface area contributed by atoms with E-state index in [1.54, 1.807) is 0 Å². The number of carbonyl (C=O) groups excluding carboxylic acids is 1. The molecule has 1 fully saturated rings. The van der Waals surface area contributed by atoms with Crippen molar-refractivity contribution in [2.45, 2.75) is 36.6 Å². The van der Waals surface area contributed by atoms with Crippen LogP contribution in [0.15, 0.2) is 53.4 Å². The number of benzene rings is 2. The predicted octanol–water partition coefficient (Wildman–Crippen LogP) is 3.38. The summed E-state index contributed by atoms with van der Waals surface area (Å²) in [6.07, 6.45) is 2.14. The Bertz CT molecular complexity index is 930. The van der Waals surface area contributed by atoms with Crippen molar-refractivity contribution in [1.29, 1.82) is 0 Å². The summed E-state index contributed by atoms with van der Waals surface area (Å²) >= 11 is 5.71. The van der Waals surface area contributed by atoms with Crippen LogP contribution in [0.25, 0.3) is 0 Å². The van der Waals surface area contributed by atoms with Crippen molar-refractivity contribution in [3.05, 3.63) is 64.9 Å². The summed E-state index contributed by atoms with van der Waals surface area (Å²) in [5.74, 6) is -0.687. The maximum atomic E-state index is 13.3. The Morgan fingerprint density at radius 2 is 1.82 bits per heavy atom. The van der Waals surface area contributed by atoms with Gasteiger partial charge in [0, 0.05) is 25.6 Å². The van der Waals surface area contributed by atoms with Gasteiger partial charge in [-0.05, 0) is 43.0 Å². The second-order valence-electron chi connectivity index (χ2n) is 6.81. The maximum Gasteiger partial charge on any atom is 0.243 e. The molecule has 0 aliphatic carbocycles. The van der Waals surface area contributed by atoms with Crippen molar-refractivity contribution in [2.24, 2.45) is 0 Å². The molecule has 2 aromatic rings. The number of aryl methyl sites for hydroxylation is 1. The summed E-state index contributed by atoms with van der Waals surface area (Å²) < 4.78 is 40.0. The van der Waals surface area contributed by atoms with Crippen LogP contribution in [0.1, 0.15) is 24.8 Å². The largest absolute Gasteiger partial charge is 0.353 e. The lowest BCUT2D eigenvalue weighted by Crippen LogP contribution is -2.46. The Morgan fingerprint density at radius 3 is 2.46 bits per heavy atom. The monoisotopic (exact) mass is 424 g/mol. The van der Waals surface area contributed by atoms with Crippen LogP contribution >= 0.6 is 11.6 Å². The smallest absolute Gasteiger partial charge is 0.243 e. The molecule has 0 bridgehead atoms. The van der Waals surface area contributed by atoms with Crippen molar-refractivity contribution >= 4 is 27.5 Å². The second kappa shape index (κ2) is 9.03. The van der Waals surface area contributed by atoms with E-state index >= 15 is 0 Å². The number of rotatable bonds is 6. The van der Waals surface area contributed by atoms with Gasteiger partial charge in [-0.15, -0.1) is 0 Å². The summed E-state index contributed by atoms with van der Waals surface area (Å²) in [7, 11) is -3.73. The number of amides is 1. The molecule has 1 heterocycles. The van der Waals surface area contributed by atoms with Crippen molar-refractivity contribution in [3.8, 4) is 0 Å². The van der Waals surface area contributed by atoms with E-state index in [1.807, 2.05) is 30.3 Å². The van der Waals surface area contributed by atoms with Gasteiger partial charge >= 0.3 is 0 Å². The van der Waals surface area contributed by atoms with E-state index in [9.17, 15) is 17.6 Å². The fourth-order valence-electron chi connectivity index (χ4n) is 3.23. The first-order valence-corrected chi connectivity index (χ1v) is 11.0. The Balaban J connectivity index is 1.51. The van der Waals surface area contributed by atoms with E-state index in [-0.39, 0.29) is 21.9 Å². The molecule has 5 nitrogen and oxygen atoms in total. The molecule has 8 heteroatoms. The van der Waals surface area contributed by atoms with Gasteiger partial charge in [0.1, 0.15) is 5.82 Å². The van der Waals surface area contributed by atoms with Crippen LogP contribution in [0.4, 0.5) is 4.39 Å². The first-order chi connectivity index (χ1) is 13.4. The molecule has 0 saturated carbocycles. The van der Waals surface area contributed by atoms with Crippen LogP contribution in [0.3, 0.4) is 0 Å². The highest BCUT2D eigenvalue weighted by Crippen LogP contribution is 2.24. The molecule has 1 saturated heterocycles. The number of piperidine rings is 1. The summed E-state index contributed by atoms with van der Waals surface area (Å²) in [5, 5.41) is 2.77. The summed E-state index contributed by atoms with van der Waals surface area (Å²) in [4.78, 5) is 12.1. The highest BCUT2D eigenvalue weighted by molar-refractivity contribution is 7.89. The minimum Gasteiger partial charge on any atom is -0.353 e. The molecule has 0 unspecified atom stereocenters. The molecule has 1 aliphatic heterocycles. The lowest BCUT2D eigenvalue weighted by Gasteiger charge is -2.31. The zero-order valence-corrected chi connectivity index (χ0v) is 16.8. The van der Waals surface area contributed by atoms with E-state index in [1.165, 1.54) is 10.4 Å². The first kappa shape index (κ1) is 20.8. The predicted molar refractivity (Wildman–Crippen MR) is 106 cm³/mol. The normalized spacial score (nSPS) is 16.1. The fourth-order valence-corrected chi connectivity index (χ4v) is 4.97. The average Bonchev–Trinajstić information content (AvgIpc) is 2.69. The molecular formula is C20H22ClFN2O3S. The molecule has 28 heavy (non-hydrogen) atoms. The van der Waals surface area contributed by atoms with E-state index in [2.05, 4.69) is 5.32 Å². The molecule has 3 rings (SSSR count). The Kier molecular flexibility index (Phi) is 6.69. The van der Waals surface area contributed by atoms with E-state index in [4.69, 9.17) is 11.6 Å². The molecule has 0 radical (unpaired) electrons. The summed E-state index contributed by atoms with van der Waals surface area (Å²) in [5.41, 5.74) is 1.11. The Hall–Kier alpha value is -1.96. The van der Waals surface area contributed by atoms with Gasteiger partial charge in [-0.1, -0.05) is 41.9 Å². The summed E-state index contributed by atoms with van der Waals surface area (Å²) in [6.45, 7) is 0.585. The van der Waals surface area contributed by atoms with Gasteiger partial charge in [-0.2, -0.15) is 4.31 Å². The van der Waals surface area contributed by atoms with Crippen molar-refractivity contribution in [3.63, 3.8) is 0 Å². The first-order valence-electron chi connectivity index (χ1n) is 9.15. The lowest BCUT2D eigenvalue weighted by molar-refractivity contribution is -0.122. The molecule has 0 atom stereocenters. The third-order valence-corrected chi connectivity index (χ3v) is 7.02. The number of nitrogens with zero attached hydrogens (tertiary/aromatic N) is 1. The minimum atomic E-state index is -3.73. The van der Waals surface area contributed by atoms with Gasteiger partial charge < -0.3 is 5.32 Å². The van der Waals surface area contributed by atoms with E-state index < -0.39 is 15.8 Å². The van der Waals surface area contributed by atoms with E-state index in [0.717, 1.165) is 17.7 Å².